The van der Waals surface area contributed by atoms with E-state index in [0.717, 1.165) is 11.3 Å². The van der Waals surface area contributed by atoms with Gasteiger partial charge in [-0.25, -0.2) is 9.67 Å². The van der Waals surface area contributed by atoms with E-state index in [9.17, 15) is 0 Å². The van der Waals surface area contributed by atoms with Crippen LogP contribution in [0.4, 0.5) is 0 Å². The minimum Gasteiger partial charge on any atom is -0.490 e. The summed E-state index contributed by atoms with van der Waals surface area (Å²) in [6.45, 7) is 0.861. The van der Waals surface area contributed by atoms with Crippen LogP contribution in [0.2, 0.25) is 0 Å². The molecule has 0 aliphatic heterocycles. The molecule has 0 unspecified atom stereocenters. The molecule has 3 aromatic rings. The molecular weight excluding hydrogens is 330 g/mol. The van der Waals surface area contributed by atoms with Crippen LogP contribution >= 0.6 is 0 Å². The average Bonchev–Trinajstić information content (AvgIpc) is 3.19. The van der Waals surface area contributed by atoms with Gasteiger partial charge in [-0.05, 0) is 24.3 Å². The number of benzene rings is 2. The molecule has 1 heterocycles. The highest BCUT2D eigenvalue weighted by Crippen LogP contribution is 2.20. The first-order valence-electron chi connectivity index (χ1n) is 8.25. The molecule has 2 aromatic carbocycles. The van der Waals surface area contributed by atoms with Crippen LogP contribution in [0.1, 0.15) is 5.56 Å². The van der Waals surface area contributed by atoms with Crippen molar-refractivity contribution < 1.29 is 9.47 Å². The van der Waals surface area contributed by atoms with Crippen molar-refractivity contribution >= 4 is 5.84 Å². The van der Waals surface area contributed by atoms with Gasteiger partial charge < -0.3 is 14.5 Å². The molecule has 0 bridgehead atoms. The summed E-state index contributed by atoms with van der Waals surface area (Å²) in [5.74, 6) is 2.16. The Hall–Kier alpha value is -3.35. The zero-order valence-corrected chi connectivity index (χ0v) is 14.8. The molecule has 0 aliphatic carbocycles. The van der Waals surface area contributed by atoms with E-state index in [0.29, 0.717) is 24.8 Å². The van der Waals surface area contributed by atoms with Crippen molar-refractivity contribution in [3.8, 4) is 11.5 Å². The quantitative estimate of drug-likeness (QED) is 0.283. The first kappa shape index (κ1) is 17.5. The van der Waals surface area contributed by atoms with E-state index in [4.69, 9.17) is 9.47 Å². The van der Waals surface area contributed by atoms with Crippen LogP contribution in [-0.2, 0) is 0 Å². The summed E-state index contributed by atoms with van der Waals surface area (Å²) >= 11 is 0. The number of hydrogen-bond donors (Lipinski definition) is 0. The normalized spacial score (nSPS) is 11.2. The predicted molar refractivity (Wildman–Crippen MR) is 99.5 cm³/mol. The molecule has 0 aliphatic rings. The molecule has 0 atom stereocenters. The minimum atomic E-state index is 0.415. The van der Waals surface area contributed by atoms with Crippen LogP contribution in [0.5, 0.6) is 11.5 Å². The van der Waals surface area contributed by atoms with Gasteiger partial charge >= 0.3 is 0 Å². The van der Waals surface area contributed by atoms with Crippen LogP contribution in [-0.4, -0.2) is 52.9 Å². The van der Waals surface area contributed by atoms with Crippen molar-refractivity contribution in [1.29, 1.82) is 0 Å². The maximum absolute atomic E-state index is 5.93. The van der Waals surface area contributed by atoms with Gasteiger partial charge in [0.2, 0.25) is 0 Å². The lowest BCUT2D eigenvalue weighted by Gasteiger charge is -2.15. The van der Waals surface area contributed by atoms with Crippen molar-refractivity contribution in [3.05, 3.63) is 72.8 Å². The zero-order valence-electron chi connectivity index (χ0n) is 14.8. The van der Waals surface area contributed by atoms with E-state index in [1.54, 1.807) is 16.0 Å². The number of nitrogens with zero attached hydrogens (tertiary/aromatic N) is 5. The smallest absolute Gasteiger partial charge is 0.185 e. The Kier molecular flexibility index (Phi) is 5.82. The molecule has 0 saturated heterocycles. The topological polar surface area (TPSA) is 64.8 Å². The molecule has 1 aromatic heterocycles. The monoisotopic (exact) mass is 351 g/mol. The molecule has 0 amide bonds. The van der Waals surface area contributed by atoms with Crippen LogP contribution < -0.4 is 9.47 Å². The molecule has 0 spiro atoms. The Balaban J connectivity index is 1.72. The average molecular weight is 351 g/mol. The summed E-state index contributed by atoms with van der Waals surface area (Å²) in [5, 5.41) is 10.4. The highest BCUT2D eigenvalue weighted by Gasteiger charge is 2.14. The lowest BCUT2D eigenvalue weighted by molar-refractivity contribution is 0.217. The van der Waals surface area contributed by atoms with Gasteiger partial charge in [-0.2, -0.15) is 10.2 Å². The van der Waals surface area contributed by atoms with Crippen molar-refractivity contribution in [1.82, 2.24) is 19.8 Å². The van der Waals surface area contributed by atoms with Gasteiger partial charge in [0.25, 0.3) is 0 Å². The summed E-state index contributed by atoms with van der Waals surface area (Å²) < 4.78 is 13.2. The van der Waals surface area contributed by atoms with E-state index in [-0.39, 0.29) is 0 Å². The SMILES string of the molecule is CN(C)/N=C(\c1ccccc1OCCOc1ccccc1)n1cncn1. The second kappa shape index (κ2) is 8.66. The molecular formula is C19H21N5O2. The molecule has 26 heavy (non-hydrogen) atoms. The Bertz CT molecular complexity index is 832. The molecule has 0 fully saturated rings. The van der Waals surface area contributed by atoms with Gasteiger partial charge in [0, 0.05) is 14.1 Å². The standard InChI is InChI=1S/C19H21N5O2/c1-23(2)22-19(24-15-20-14-21-24)17-10-6-7-11-18(17)26-13-12-25-16-8-4-3-5-9-16/h3-11,14-15H,12-13H2,1-2H3/b22-19+. The van der Waals surface area contributed by atoms with Gasteiger partial charge in [-0.15, -0.1) is 0 Å². The van der Waals surface area contributed by atoms with E-state index in [2.05, 4.69) is 15.2 Å². The highest BCUT2D eigenvalue weighted by molar-refractivity contribution is 6.01. The van der Waals surface area contributed by atoms with E-state index in [1.807, 2.05) is 68.7 Å². The molecule has 0 radical (unpaired) electrons. The molecule has 7 heteroatoms. The second-order valence-electron chi connectivity index (χ2n) is 5.62. The number of aromatic nitrogens is 3. The zero-order chi connectivity index (χ0) is 18.2. The lowest BCUT2D eigenvalue weighted by atomic mass is 10.2. The van der Waals surface area contributed by atoms with E-state index >= 15 is 0 Å². The second-order valence-corrected chi connectivity index (χ2v) is 5.62. The van der Waals surface area contributed by atoms with Crippen molar-refractivity contribution in [2.75, 3.05) is 27.3 Å². The molecule has 0 N–H and O–H groups in total. The highest BCUT2D eigenvalue weighted by atomic mass is 16.5. The van der Waals surface area contributed by atoms with E-state index < -0.39 is 0 Å². The minimum absolute atomic E-state index is 0.415. The molecule has 0 saturated carbocycles. The number of hydrazone groups is 1. The summed E-state index contributed by atoms with van der Waals surface area (Å²) in [6, 6.07) is 17.4. The number of hydrogen-bond acceptors (Lipinski definition) is 6. The third-order valence-electron chi connectivity index (χ3n) is 3.41. The summed E-state index contributed by atoms with van der Waals surface area (Å²) in [6.07, 6.45) is 3.08. The fourth-order valence-corrected chi connectivity index (χ4v) is 2.34. The van der Waals surface area contributed by atoms with Crippen molar-refractivity contribution in [2.24, 2.45) is 5.10 Å². The fraction of sp³-hybridized carbons (Fsp3) is 0.211. The van der Waals surface area contributed by atoms with E-state index in [1.165, 1.54) is 6.33 Å². The Morgan fingerprint density at radius 1 is 1.00 bits per heavy atom. The largest absolute Gasteiger partial charge is 0.490 e. The predicted octanol–water partition coefficient (Wildman–Crippen LogP) is 2.51. The maximum atomic E-state index is 5.93. The summed E-state index contributed by atoms with van der Waals surface area (Å²) in [7, 11) is 3.71. The first-order chi connectivity index (χ1) is 12.7. The van der Waals surface area contributed by atoms with Gasteiger partial charge in [-0.3, -0.25) is 0 Å². The lowest BCUT2D eigenvalue weighted by Crippen LogP contribution is -2.20. The van der Waals surface area contributed by atoms with Crippen LogP contribution in [0, 0.1) is 0 Å². The van der Waals surface area contributed by atoms with Crippen molar-refractivity contribution in [2.45, 2.75) is 0 Å². The van der Waals surface area contributed by atoms with Crippen LogP contribution in [0.25, 0.3) is 0 Å². The molecule has 7 nitrogen and oxygen atoms in total. The summed E-state index contributed by atoms with van der Waals surface area (Å²) in [4.78, 5) is 4.01. The van der Waals surface area contributed by atoms with Crippen molar-refractivity contribution in [3.63, 3.8) is 0 Å². The molecule has 134 valence electrons. The number of rotatable bonds is 7. The molecule has 3 rings (SSSR count). The van der Waals surface area contributed by atoms with Gasteiger partial charge in [0.05, 0.1) is 5.56 Å². The fourth-order valence-electron chi connectivity index (χ4n) is 2.34. The third kappa shape index (κ3) is 4.60. The maximum Gasteiger partial charge on any atom is 0.185 e. The number of para-hydroxylation sites is 2. The van der Waals surface area contributed by atoms with Crippen LogP contribution in [0.15, 0.2) is 72.4 Å². The third-order valence-corrected chi connectivity index (χ3v) is 3.41. The van der Waals surface area contributed by atoms with Gasteiger partial charge in [0.1, 0.15) is 37.4 Å². The Labute approximate surface area is 152 Å². The Morgan fingerprint density at radius 2 is 1.73 bits per heavy atom. The van der Waals surface area contributed by atoms with Crippen LogP contribution in [0.3, 0.4) is 0 Å². The summed E-state index contributed by atoms with van der Waals surface area (Å²) in [5.41, 5.74) is 0.825. The number of ether oxygens (including phenoxy) is 2. The first-order valence-corrected chi connectivity index (χ1v) is 8.25. The Morgan fingerprint density at radius 3 is 2.46 bits per heavy atom. The van der Waals surface area contributed by atoms with Gasteiger partial charge in [-0.1, -0.05) is 30.3 Å². The van der Waals surface area contributed by atoms with Gasteiger partial charge in [0.15, 0.2) is 5.84 Å².